The van der Waals surface area contributed by atoms with Gasteiger partial charge in [0.1, 0.15) is 0 Å². The van der Waals surface area contributed by atoms with Gasteiger partial charge in [-0.2, -0.15) is 0 Å². The maximum atomic E-state index is 14.0. The Morgan fingerprint density at radius 3 is 2.57 bits per heavy atom. The Labute approximate surface area is 121 Å². The largest absolute Gasteiger partial charge is 0.481 e. The molecule has 7 heteroatoms. The highest BCUT2D eigenvalue weighted by molar-refractivity contribution is 5.69. The van der Waals surface area contributed by atoms with Crippen molar-refractivity contribution in [2.45, 2.75) is 44.1 Å². The van der Waals surface area contributed by atoms with Crippen LogP contribution < -0.4 is 5.32 Å². The zero-order valence-corrected chi connectivity index (χ0v) is 11.5. The standard InChI is InChI=1S/C14H17FN2O4/c15-11-8-10(17(20)21)4-5-12(11)16-14(9-13(18)19)6-2-1-3-7-14/h4-5,8,16H,1-3,6-7,9H2,(H,18,19). The van der Waals surface area contributed by atoms with Crippen molar-refractivity contribution in [3.05, 3.63) is 34.1 Å². The lowest BCUT2D eigenvalue weighted by Gasteiger charge is -2.38. The van der Waals surface area contributed by atoms with E-state index >= 15 is 0 Å². The van der Waals surface area contributed by atoms with Crippen LogP contribution in [0.5, 0.6) is 0 Å². The predicted molar refractivity (Wildman–Crippen MR) is 74.7 cm³/mol. The van der Waals surface area contributed by atoms with Gasteiger partial charge in [0, 0.05) is 11.6 Å². The summed E-state index contributed by atoms with van der Waals surface area (Å²) in [5, 5.41) is 22.7. The summed E-state index contributed by atoms with van der Waals surface area (Å²) in [6, 6.07) is 3.36. The van der Waals surface area contributed by atoms with E-state index in [9.17, 15) is 19.3 Å². The van der Waals surface area contributed by atoms with Crippen molar-refractivity contribution in [2.75, 3.05) is 5.32 Å². The van der Waals surface area contributed by atoms with E-state index in [-0.39, 0.29) is 17.8 Å². The summed E-state index contributed by atoms with van der Waals surface area (Å²) < 4.78 is 14.0. The Bertz CT molecular complexity index is 556. The molecule has 6 nitrogen and oxygen atoms in total. The van der Waals surface area contributed by atoms with Gasteiger partial charge in [0.15, 0.2) is 5.82 Å². The number of halogens is 1. The molecule has 1 aliphatic rings. The summed E-state index contributed by atoms with van der Waals surface area (Å²) in [5.74, 6) is -1.67. The molecule has 2 rings (SSSR count). The zero-order chi connectivity index (χ0) is 15.5. The quantitative estimate of drug-likeness (QED) is 0.642. The molecule has 0 bridgehead atoms. The Morgan fingerprint density at radius 1 is 1.38 bits per heavy atom. The van der Waals surface area contributed by atoms with E-state index in [2.05, 4.69) is 5.32 Å². The van der Waals surface area contributed by atoms with E-state index in [1.807, 2.05) is 0 Å². The van der Waals surface area contributed by atoms with Crippen LogP contribution in [0.3, 0.4) is 0 Å². The van der Waals surface area contributed by atoms with Gasteiger partial charge in [-0.05, 0) is 18.9 Å². The molecule has 21 heavy (non-hydrogen) atoms. The number of carboxylic acid groups (broad SMARTS) is 1. The first-order chi connectivity index (χ1) is 9.92. The van der Waals surface area contributed by atoms with Crippen molar-refractivity contribution in [2.24, 2.45) is 0 Å². The molecule has 0 atom stereocenters. The van der Waals surface area contributed by atoms with Crippen LogP contribution in [0.15, 0.2) is 18.2 Å². The minimum atomic E-state index is -0.938. The lowest BCUT2D eigenvalue weighted by atomic mass is 9.79. The van der Waals surface area contributed by atoms with E-state index < -0.39 is 22.2 Å². The average Bonchev–Trinajstić information content (AvgIpc) is 2.41. The lowest BCUT2D eigenvalue weighted by molar-refractivity contribution is -0.385. The number of carbonyl (C=O) groups is 1. The lowest BCUT2D eigenvalue weighted by Crippen LogP contribution is -2.42. The molecule has 1 aromatic carbocycles. The Hall–Kier alpha value is -2.18. The molecule has 0 radical (unpaired) electrons. The maximum Gasteiger partial charge on any atom is 0.305 e. The number of nitro benzene ring substituents is 1. The highest BCUT2D eigenvalue weighted by Gasteiger charge is 2.35. The topological polar surface area (TPSA) is 92.5 Å². The van der Waals surface area contributed by atoms with Gasteiger partial charge in [-0.25, -0.2) is 4.39 Å². The molecule has 1 fully saturated rings. The molecule has 0 amide bonds. The van der Waals surface area contributed by atoms with Crippen molar-refractivity contribution < 1.29 is 19.2 Å². The molecular formula is C14H17FN2O4. The van der Waals surface area contributed by atoms with Crippen LogP contribution in [0, 0.1) is 15.9 Å². The van der Waals surface area contributed by atoms with Crippen molar-refractivity contribution >= 4 is 17.3 Å². The summed E-state index contributed by atoms with van der Waals surface area (Å²) >= 11 is 0. The van der Waals surface area contributed by atoms with Crippen molar-refractivity contribution in [3.8, 4) is 0 Å². The smallest absolute Gasteiger partial charge is 0.305 e. The van der Waals surface area contributed by atoms with E-state index in [1.54, 1.807) is 0 Å². The van der Waals surface area contributed by atoms with Crippen LogP contribution in [-0.2, 0) is 4.79 Å². The van der Waals surface area contributed by atoms with Gasteiger partial charge in [0.05, 0.1) is 23.1 Å². The summed E-state index contributed by atoms with van der Waals surface area (Å²) in [4.78, 5) is 21.0. The molecule has 0 aliphatic heterocycles. The van der Waals surface area contributed by atoms with E-state index in [0.29, 0.717) is 12.8 Å². The third-order valence-corrected chi connectivity index (χ3v) is 3.86. The number of hydrogen-bond donors (Lipinski definition) is 2. The second-order valence-corrected chi connectivity index (χ2v) is 5.46. The molecular weight excluding hydrogens is 279 g/mol. The van der Waals surface area contributed by atoms with Gasteiger partial charge in [-0.3, -0.25) is 14.9 Å². The fraction of sp³-hybridized carbons (Fsp3) is 0.500. The van der Waals surface area contributed by atoms with Crippen molar-refractivity contribution in [1.29, 1.82) is 0 Å². The van der Waals surface area contributed by atoms with Crippen molar-refractivity contribution in [1.82, 2.24) is 0 Å². The van der Waals surface area contributed by atoms with Gasteiger partial charge in [-0.1, -0.05) is 19.3 Å². The normalized spacial score (nSPS) is 17.2. The van der Waals surface area contributed by atoms with Gasteiger partial charge >= 0.3 is 5.97 Å². The number of non-ortho nitro benzene ring substituents is 1. The fourth-order valence-corrected chi connectivity index (χ4v) is 2.87. The van der Waals surface area contributed by atoms with E-state index in [1.165, 1.54) is 12.1 Å². The SMILES string of the molecule is O=C(O)CC1(Nc2ccc([N+](=O)[O-])cc2F)CCCCC1. The van der Waals surface area contributed by atoms with E-state index in [0.717, 1.165) is 25.3 Å². The first-order valence-electron chi connectivity index (χ1n) is 6.86. The molecule has 1 aromatic rings. The molecule has 0 spiro atoms. The van der Waals surface area contributed by atoms with Crippen LogP contribution in [0.4, 0.5) is 15.8 Å². The molecule has 114 valence electrons. The second-order valence-electron chi connectivity index (χ2n) is 5.46. The van der Waals surface area contributed by atoms with Gasteiger partial charge < -0.3 is 10.4 Å². The number of nitrogens with one attached hydrogen (secondary N) is 1. The Balaban J connectivity index is 2.24. The highest BCUT2D eigenvalue weighted by atomic mass is 19.1. The molecule has 2 N–H and O–H groups in total. The van der Waals surface area contributed by atoms with E-state index in [4.69, 9.17) is 5.11 Å². The number of benzene rings is 1. The average molecular weight is 296 g/mol. The third-order valence-electron chi connectivity index (χ3n) is 3.86. The van der Waals surface area contributed by atoms with Gasteiger partial charge in [0.25, 0.3) is 5.69 Å². The van der Waals surface area contributed by atoms with Crippen LogP contribution in [-0.4, -0.2) is 21.5 Å². The molecule has 0 aromatic heterocycles. The summed E-state index contributed by atoms with van der Waals surface area (Å²) in [5.41, 5.74) is -0.890. The van der Waals surface area contributed by atoms with Crippen LogP contribution in [0.2, 0.25) is 0 Å². The number of aliphatic carboxylic acids is 1. The monoisotopic (exact) mass is 296 g/mol. The maximum absolute atomic E-state index is 14.0. The van der Waals surface area contributed by atoms with Gasteiger partial charge in [-0.15, -0.1) is 0 Å². The number of nitro groups is 1. The summed E-state index contributed by atoms with van der Waals surface area (Å²) in [6.07, 6.45) is 4.00. The number of hydrogen-bond acceptors (Lipinski definition) is 4. The zero-order valence-electron chi connectivity index (χ0n) is 11.5. The summed E-state index contributed by atoms with van der Waals surface area (Å²) in [7, 11) is 0. The fourth-order valence-electron chi connectivity index (χ4n) is 2.87. The number of nitrogens with zero attached hydrogens (tertiary/aromatic N) is 1. The predicted octanol–water partition coefficient (Wildman–Crippen LogP) is 3.32. The van der Waals surface area contributed by atoms with Crippen LogP contribution in [0.25, 0.3) is 0 Å². The number of carboxylic acids is 1. The number of anilines is 1. The molecule has 0 saturated heterocycles. The minimum absolute atomic E-state index is 0.0938. The number of rotatable bonds is 5. The van der Waals surface area contributed by atoms with Crippen LogP contribution >= 0.6 is 0 Å². The minimum Gasteiger partial charge on any atom is -0.481 e. The van der Waals surface area contributed by atoms with Crippen LogP contribution in [0.1, 0.15) is 38.5 Å². The first kappa shape index (κ1) is 15.2. The summed E-state index contributed by atoms with van der Waals surface area (Å²) in [6.45, 7) is 0. The van der Waals surface area contributed by atoms with Crippen molar-refractivity contribution in [3.63, 3.8) is 0 Å². The highest BCUT2D eigenvalue weighted by Crippen LogP contribution is 2.35. The first-order valence-corrected chi connectivity index (χ1v) is 6.86. The Morgan fingerprint density at radius 2 is 2.05 bits per heavy atom. The molecule has 1 aliphatic carbocycles. The third kappa shape index (κ3) is 3.68. The van der Waals surface area contributed by atoms with Gasteiger partial charge in [0.2, 0.25) is 0 Å². The molecule has 1 saturated carbocycles. The second kappa shape index (κ2) is 6.07. The molecule has 0 unspecified atom stereocenters. The molecule has 0 heterocycles. The Kier molecular flexibility index (Phi) is 4.40.